The molecule has 1 unspecified atom stereocenters. The predicted octanol–water partition coefficient (Wildman–Crippen LogP) is 3.64. The third-order valence-corrected chi connectivity index (χ3v) is 5.61. The van der Waals surface area contributed by atoms with E-state index in [0.717, 1.165) is 0 Å². The van der Waals surface area contributed by atoms with E-state index in [9.17, 15) is 0 Å². The largest absolute Gasteiger partial charge is 0.212 e. The molecule has 0 saturated carbocycles. The van der Waals surface area contributed by atoms with Crippen molar-refractivity contribution in [1.29, 1.82) is 0 Å². The Hall–Kier alpha value is -1.63. The van der Waals surface area contributed by atoms with Crippen molar-refractivity contribution < 1.29 is 4.57 Å². The Labute approximate surface area is 121 Å². The lowest BCUT2D eigenvalue weighted by Crippen LogP contribution is -2.30. The highest BCUT2D eigenvalue weighted by molar-refractivity contribution is 5.69. The standard InChI is InChI=1S/C19H22N/c1-13-15-8-10-19(2)9-7-14(18(15)19)12-16(13)17-6-4-5-11-20(17)3/h4-6,11-12H,7-10H2,1-3H3/q+1. The molecule has 1 heteroatoms. The summed E-state index contributed by atoms with van der Waals surface area (Å²) in [6.07, 6.45) is 7.38. The first kappa shape index (κ1) is 12.1. The Morgan fingerprint density at radius 3 is 2.75 bits per heavy atom. The SMILES string of the molecule is Cc1c(-c2cccc[n+]2C)cc2c3c1CCC3(C)CC2. The van der Waals surface area contributed by atoms with E-state index in [0.29, 0.717) is 5.41 Å². The van der Waals surface area contributed by atoms with E-state index >= 15 is 0 Å². The van der Waals surface area contributed by atoms with Gasteiger partial charge >= 0.3 is 0 Å². The first-order valence-corrected chi connectivity index (χ1v) is 7.71. The number of rotatable bonds is 1. The van der Waals surface area contributed by atoms with E-state index in [1.807, 2.05) is 0 Å². The minimum Gasteiger partial charge on any atom is -0.201 e. The Kier molecular flexibility index (Phi) is 2.39. The van der Waals surface area contributed by atoms with Crippen LogP contribution in [0, 0.1) is 6.92 Å². The summed E-state index contributed by atoms with van der Waals surface area (Å²) in [6.45, 7) is 4.79. The summed E-state index contributed by atoms with van der Waals surface area (Å²) < 4.78 is 2.24. The van der Waals surface area contributed by atoms with Gasteiger partial charge in [0.05, 0.1) is 0 Å². The second-order valence-electron chi connectivity index (χ2n) is 6.82. The third-order valence-electron chi connectivity index (χ3n) is 5.61. The van der Waals surface area contributed by atoms with Crippen LogP contribution in [0.15, 0.2) is 30.5 Å². The van der Waals surface area contributed by atoms with E-state index < -0.39 is 0 Å². The summed E-state index contributed by atoms with van der Waals surface area (Å²) in [6, 6.07) is 8.96. The number of aryl methyl sites for hydroxylation is 2. The maximum absolute atomic E-state index is 2.47. The first-order valence-electron chi connectivity index (χ1n) is 7.71. The van der Waals surface area contributed by atoms with Crippen LogP contribution in [0.4, 0.5) is 0 Å². The molecule has 1 atom stereocenters. The number of pyridine rings is 1. The highest BCUT2D eigenvalue weighted by Crippen LogP contribution is 2.51. The van der Waals surface area contributed by atoms with Crippen molar-refractivity contribution in [3.8, 4) is 11.3 Å². The van der Waals surface area contributed by atoms with Crippen molar-refractivity contribution in [1.82, 2.24) is 0 Å². The Morgan fingerprint density at radius 1 is 1.15 bits per heavy atom. The number of hydrogen-bond acceptors (Lipinski definition) is 0. The van der Waals surface area contributed by atoms with Crippen LogP contribution in [0.2, 0.25) is 0 Å². The van der Waals surface area contributed by atoms with Crippen LogP contribution in [-0.4, -0.2) is 0 Å². The number of nitrogens with zero attached hydrogens (tertiary/aromatic N) is 1. The van der Waals surface area contributed by atoms with Crippen LogP contribution in [0.1, 0.15) is 42.0 Å². The van der Waals surface area contributed by atoms with Gasteiger partial charge in [0, 0.05) is 17.7 Å². The number of aromatic nitrogens is 1. The van der Waals surface area contributed by atoms with Gasteiger partial charge in [0.2, 0.25) is 5.69 Å². The molecular weight excluding hydrogens is 242 g/mol. The Balaban J connectivity index is 2.00. The van der Waals surface area contributed by atoms with Crippen molar-refractivity contribution >= 4 is 0 Å². The van der Waals surface area contributed by atoms with Crippen molar-refractivity contribution in [3.05, 3.63) is 52.7 Å². The molecule has 102 valence electrons. The van der Waals surface area contributed by atoms with Crippen LogP contribution in [0.25, 0.3) is 11.3 Å². The van der Waals surface area contributed by atoms with Gasteiger partial charge in [-0.1, -0.05) is 6.92 Å². The fraction of sp³-hybridized carbons (Fsp3) is 0.421. The average molecular weight is 264 g/mol. The topological polar surface area (TPSA) is 3.88 Å². The highest BCUT2D eigenvalue weighted by atomic mass is 14.9. The zero-order valence-corrected chi connectivity index (χ0v) is 12.7. The molecule has 2 aromatic rings. The van der Waals surface area contributed by atoms with E-state index in [1.165, 1.54) is 42.5 Å². The van der Waals surface area contributed by atoms with E-state index in [-0.39, 0.29) is 0 Å². The number of hydrogen-bond donors (Lipinski definition) is 0. The van der Waals surface area contributed by atoms with E-state index in [4.69, 9.17) is 0 Å². The van der Waals surface area contributed by atoms with Gasteiger partial charge in [-0.05, 0) is 72.4 Å². The van der Waals surface area contributed by atoms with Gasteiger partial charge in [0.1, 0.15) is 7.05 Å². The van der Waals surface area contributed by atoms with Gasteiger partial charge in [-0.2, -0.15) is 0 Å². The van der Waals surface area contributed by atoms with Crippen LogP contribution in [0.3, 0.4) is 0 Å². The number of benzene rings is 1. The molecule has 4 rings (SSSR count). The Bertz CT molecular complexity index is 714. The minimum absolute atomic E-state index is 0.479. The zero-order valence-electron chi connectivity index (χ0n) is 12.7. The molecule has 2 aliphatic carbocycles. The van der Waals surface area contributed by atoms with Crippen LogP contribution in [0.5, 0.6) is 0 Å². The molecule has 1 heterocycles. The van der Waals surface area contributed by atoms with E-state index in [1.54, 1.807) is 16.7 Å². The lowest BCUT2D eigenvalue weighted by molar-refractivity contribution is -0.660. The van der Waals surface area contributed by atoms with Gasteiger partial charge in [0.25, 0.3) is 0 Å². The van der Waals surface area contributed by atoms with Gasteiger partial charge in [-0.3, -0.25) is 0 Å². The maximum atomic E-state index is 2.47. The highest BCUT2D eigenvalue weighted by Gasteiger charge is 2.42. The Morgan fingerprint density at radius 2 is 1.95 bits per heavy atom. The lowest BCUT2D eigenvalue weighted by Gasteiger charge is -2.19. The molecule has 0 spiro atoms. The van der Waals surface area contributed by atoms with E-state index in [2.05, 4.69) is 55.9 Å². The summed E-state index contributed by atoms with van der Waals surface area (Å²) in [5.74, 6) is 0. The van der Waals surface area contributed by atoms with Gasteiger partial charge in [0.15, 0.2) is 6.20 Å². The molecule has 20 heavy (non-hydrogen) atoms. The summed E-state index contributed by atoms with van der Waals surface area (Å²) >= 11 is 0. The summed E-state index contributed by atoms with van der Waals surface area (Å²) in [5, 5.41) is 0. The second-order valence-corrected chi connectivity index (χ2v) is 6.82. The summed E-state index contributed by atoms with van der Waals surface area (Å²) in [5.41, 5.74) is 9.74. The maximum Gasteiger partial charge on any atom is 0.212 e. The molecule has 0 radical (unpaired) electrons. The predicted molar refractivity (Wildman–Crippen MR) is 81.8 cm³/mol. The molecule has 1 aromatic carbocycles. The monoisotopic (exact) mass is 264 g/mol. The van der Waals surface area contributed by atoms with Gasteiger partial charge in [-0.15, -0.1) is 0 Å². The van der Waals surface area contributed by atoms with Crippen LogP contribution in [-0.2, 0) is 25.3 Å². The molecule has 0 bridgehead atoms. The van der Waals surface area contributed by atoms with Crippen LogP contribution < -0.4 is 4.57 Å². The average Bonchev–Trinajstić information content (AvgIpc) is 2.94. The third kappa shape index (κ3) is 1.47. The smallest absolute Gasteiger partial charge is 0.201 e. The molecule has 0 saturated heterocycles. The van der Waals surface area contributed by atoms with Gasteiger partial charge < -0.3 is 0 Å². The fourth-order valence-electron chi connectivity index (χ4n) is 4.42. The fourth-order valence-corrected chi connectivity index (χ4v) is 4.42. The van der Waals surface area contributed by atoms with Crippen molar-refractivity contribution in [3.63, 3.8) is 0 Å². The van der Waals surface area contributed by atoms with Gasteiger partial charge in [-0.25, -0.2) is 4.57 Å². The quantitative estimate of drug-likeness (QED) is 0.692. The molecule has 1 aromatic heterocycles. The molecule has 0 aliphatic heterocycles. The second kappa shape index (κ2) is 3.94. The molecule has 0 N–H and O–H groups in total. The van der Waals surface area contributed by atoms with Crippen molar-refractivity contribution in [2.75, 3.05) is 0 Å². The molecular formula is C19H22N+. The normalized spacial score (nSPS) is 23.1. The summed E-state index contributed by atoms with van der Waals surface area (Å²) in [7, 11) is 2.14. The van der Waals surface area contributed by atoms with Crippen molar-refractivity contribution in [2.45, 2.75) is 44.9 Å². The summed E-state index contributed by atoms with van der Waals surface area (Å²) in [4.78, 5) is 0. The molecule has 2 aliphatic rings. The molecule has 0 amide bonds. The molecule has 1 nitrogen and oxygen atoms in total. The molecule has 0 fully saturated rings. The van der Waals surface area contributed by atoms with Crippen LogP contribution >= 0.6 is 0 Å². The minimum atomic E-state index is 0.479. The van der Waals surface area contributed by atoms with Crippen molar-refractivity contribution in [2.24, 2.45) is 7.05 Å². The first-order chi connectivity index (χ1) is 9.60. The lowest BCUT2D eigenvalue weighted by atomic mass is 9.85. The zero-order chi connectivity index (χ0) is 13.9.